The van der Waals surface area contributed by atoms with Gasteiger partial charge in [0.05, 0.1) is 12.8 Å². The van der Waals surface area contributed by atoms with Gasteiger partial charge in [-0.3, -0.25) is 14.1 Å². The van der Waals surface area contributed by atoms with Crippen LogP contribution in [0.5, 0.6) is 5.75 Å². The van der Waals surface area contributed by atoms with Gasteiger partial charge in [-0.25, -0.2) is 14.4 Å². The first kappa shape index (κ1) is 24.7. The van der Waals surface area contributed by atoms with E-state index in [1.807, 2.05) is 0 Å². The van der Waals surface area contributed by atoms with Crippen molar-refractivity contribution in [2.24, 2.45) is 4.99 Å². The summed E-state index contributed by atoms with van der Waals surface area (Å²) in [4.78, 5) is 35.3. The third-order valence-electron chi connectivity index (χ3n) is 4.43. The Kier molecular flexibility index (Phi) is 7.48. The number of Topliss-reactive ketones (excluding diaryl/α,β-unsaturated/α-hetero) is 1. The summed E-state index contributed by atoms with van der Waals surface area (Å²) in [7, 11) is -3.19. The van der Waals surface area contributed by atoms with Crippen molar-refractivity contribution >= 4 is 45.0 Å². The van der Waals surface area contributed by atoms with E-state index in [1.54, 1.807) is 13.0 Å². The molecule has 1 aliphatic carbocycles. The van der Waals surface area contributed by atoms with Crippen molar-refractivity contribution in [2.75, 3.05) is 19.0 Å². The second-order valence-corrected chi connectivity index (χ2v) is 8.17. The van der Waals surface area contributed by atoms with E-state index in [1.165, 1.54) is 31.3 Å². The Bertz CT molecular complexity index is 1340. The summed E-state index contributed by atoms with van der Waals surface area (Å²) in [6.45, 7) is 1.80. The van der Waals surface area contributed by atoms with Crippen LogP contribution in [0.25, 0.3) is 0 Å². The fourth-order valence-corrected chi connectivity index (χ4v) is 3.54. The minimum absolute atomic E-state index is 0.0475. The molecule has 1 aromatic carbocycles. The Morgan fingerprint density at radius 1 is 1.38 bits per heavy atom. The molecular weight excluding hydrogens is 469 g/mol. The van der Waals surface area contributed by atoms with Gasteiger partial charge in [0.15, 0.2) is 11.6 Å². The van der Waals surface area contributed by atoms with Crippen molar-refractivity contribution < 1.29 is 31.7 Å². The number of aromatic nitrogens is 2. The number of aliphatic imine (C=N–C) groups is 1. The normalized spacial score (nSPS) is 16.1. The largest absolute Gasteiger partial charge is 0.492 e. The van der Waals surface area contributed by atoms with Crippen LogP contribution in [0.2, 0.25) is 0 Å². The number of hydrogen-bond donors (Lipinski definition) is 3. The molecule has 0 saturated carbocycles. The number of hydrogen-bond acceptors (Lipinski definition) is 9. The van der Waals surface area contributed by atoms with Crippen molar-refractivity contribution in [2.45, 2.75) is 18.2 Å². The minimum atomic E-state index is -4.62. The number of nitrogens with zero attached hydrogens (tertiary/aromatic N) is 3. The van der Waals surface area contributed by atoms with Crippen LogP contribution < -0.4 is 15.4 Å². The summed E-state index contributed by atoms with van der Waals surface area (Å²) in [5.41, 5.74) is 0.249. The number of amides is 1. The van der Waals surface area contributed by atoms with Gasteiger partial charge in [0.25, 0.3) is 16.1 Å². The van der Waals surface area contributed by atoms with E-state index in [4.69, 9.17) is 4.74 Å². The maximum absolute atomic E-state index is 14.3. The smallest absolute Gasteiger partial charge is 0.298 e. The zero-order valence-corrected chi connectivity index (χ0v) is 18.9. The third-order valence-corrected chi connectivity index (χ3v) is 5.30. The Hall–Kier alpha value is -3.97. The fourth-order valence-electron chi connectivity index (χ4n) is 2.88. The number of halogens is 1. The first-order chi connectivity index (χ1) is 16.1. The number of ether oxygens (including phenoxy) is 1. The van der Waals surface area contributed by atoms with Crippen LogP contribution in [0.1, 0.15) is 13.3 Å². The molecule has 0 saturated heterocycles. The van der Waals surface area contributed by atoms with Crippen LogP contribution in [0, 0.1) is 5.82 Å². The van der Waals surface area contributed by atoms with Crippen LogP contribution in [0.4, 0.5) is 21.8 Å². The lowest BCUT2D eigenvalue weighted by Crippen LogP contribution is -2.22. The second kappa shape index (κ2) is 10.3. The number of allylic oxidation sites excluding steroid dienone is 3. The predicted octanol–water partition coefficient (Wildman–Crippen LogP) is 2.28. The second-order valence-electron chi connectivity index (χ2n) is 6.78. The molecule has 13 heteroatoms. The third kappa shape index (κ3) is 5.88. The molecule has 0 atom stereocenters. The molecular formula is C21H20FN5O6S. The highest BCUT2D eigenvalue weighted by atomic mass is 32.2. The molecule has 11 nitrogen and oxygen atoms in total. The number of benzene rings is 1. The Labute approximate surface area is 194 Å². The van der Waals surface area contributed by atoms with Crippen molar-refractivity contribution in [3.8, 4) is 5.75 Å². The molecule has 0 bridgehead atoms. The zero-order chi connectivity index (χ0) is 24.9. The highest BCUT2D eigenvalue weighted by Crippen LogP contribution is 2.29. The fraction of sp³-hybridized carbons (Fsp3) is 0.190. The molecule has 0 spiro atoms. The van der Waals surface area contributed by atoms with Crippen LogP contribution in [-0.2, 0) is 19.7 Å². The minimum Gasteiger partial charge on any atom is -0.492 e. The molecule has 0 fully saturated rings. The molecule has 3 N–H and O–H groups in total. The van der Waals surface area contributed by atoms with E-state index in [9.17, 15) is 27.0 Å². The molecule has 1 aromatic heterocycles. The molecule has 178 valence electrons. The molecule has 1 heterocycles. The molecule has 1 amide bonds. The number of likely N-dealkylation sites (N-methyl/N-ethyl adjacent to an activating group) is 1. The van der Waals surface area contributed by atoms with Gasteiger partial charge in [0, 0.05) is 24.4 Å². The number of carbonyl (C=O) groups is 2. The maximum atomic E-state index is 14.3. The van der Waals surface area contributed by atoms with Crippen molar-refractivity contribution in [1.82, 2.24) is 15.3 Å². The van der Waals surface area contributed by atoms with Crippen LogP contribution in [0.15, 0.2) is 58.1 Å². The molecule has 2 aromatic rings. The number of rotatable bonds is 7. The van der Waals surface area contributed by atoms with Crippen molar-refractivity contribution in [1.29, 1.82) is 0 Å². The summed E-state index contributed by atoms with van der Waals surface area (Å²) in [5, 5.41) is 4.98. The standard InChI is InChI=1S/C21H20FN5O6S/c1-3-33-16-8-7-13(10-17(16)34(30,31)32)25-20-14(22)11-24-21(27-20)26-15-6-4-5-12(19(15)29)9-18(28)23-2/h4,6-11H,3,5H2,1-2H3,(H,23,28)(H,24,25,27)(H,30,31,32). The summed E-state index contributed by atoms with van der Waals surface area (Å²) in [5.74, 6) is -2.50. The van der Waals surface area contributed by atoms with Crippen LogP contribution >= 0.6 is 0 Å². The van der Waals surface area contributed by atoms with Gasteiger partial charge in [-0.15, -0.1) is 0 Å². The van der Waals surface area contributed by atoms with Gasteiger partial charge in [-0.05, 0) is 37.6 Å². The van der Waals surface area contributed by atoms with Crippen LogP contribution in [0.3, 0.4) is 0 Å². The van der Waals surface area contributed by atoms with E-state index >= 15 is 0 Å². The zero-order valence-electron chi connectivity index (χ0n) is 18.1. The van der Waals surface area contributed by atoms with E-state index in [0.717, 1.165) is 12.3 Å². The Morgan fingerprint density at radius 3 is 2.82 bits per heavy atom. The number of ketones is 1. The van der Waals surface area contributed by atoms with Gasteiger partial charge in [-0.1, -0.05) is 6.08 Å². The maximum Gasteiger partial charge on any atom is 0.298 e. The quantitative estimate of drug-likeness (QED) is 0.391. The summed E-state index contributed by atoms with van der Waals surface area (Å²) in [6.07, 6.45) is 5.31. The molecule has 0 aliphatic heterocycles. The SMILES string of the molecule is CCOc1ccc(Nc2nc(N=C3C=CCC(=CC(=O)NC)C3=O)ncc2F)cc1S(=O)(=O)O. The Balaban J connectivity index is 1.93. The average Bonchev–Trinajstić information content (AvgIpc) is 2.79. The molecule has 1 aliphatic rings. The lowest BCUT2D eigenvalue weighted by atomic mass is 9.97. The molecule has 34 heavy (non-hydrogen) atoms. The number of nitrogens with one attached hydrogen (secondary N) is 2. The summed E-state index contributed by atoms with van der Waals surface area (Å²) in [6, 6.07) is 3.74. The molecule has 0 unspecified atom stereocenters. The first-order valence-corrected chi connectivity index (χ1v) is 11.3. The van der Waals surface area contributed by atoms with E-state index in [0.29, 0.717) is 0 Å². The van der Waals surface area contributed by atoms with Gasteiger partial charge in [0.2, 0.25) is 11.7 Å². The molecule has 0 radical (unpaired) electrons. The number of carbonyl (C=O) groups excluding carboxylic acids is 2. The monoisotopic (exact) mass is 489 g/mol. The van der Waals surface area contributed by atoms with Gasteiger partial charge in [-0.2, -0.15) is 13.4 Å². The van der Waals surface area contributed by atoms with E-state index in [2.05, 4.69) is 25.6 Å². The van der Waals surface area contributed by atoms with Gasteiger partial charge >= 0.3 is 0 Å². The van der Waals surface area contributed by atoms with Crippen LogP contribution in [-0.4, -0.2) is 54.0 Å². The van der Waals surface area contributed by atoms with Crippen molar-refractivity contribution in [3.63, 3.8) is 0 Å². The van der Waals surface area contributed by atoms with Gasteiger partial charge < -0.3 is 15.4 Å². The van der Waals surface area contributed by atoms with Gasteiger partial charge in [0.1, 0.15) is 16.4 Å². The Morgan fingerprint density at radius 2 is 2.15 bits per heavy atom. The highest BCUT2D eigenvalue weighted by Gasteiger charge is 2.21. The van der Waals surface area contributed by atoms with E-state index in [-0.39, 0.29) is 47.5 Å². The summed E-state index contributed by atoms with van der Waals surface area (Å²) >= 11 is 0. The molecule has 3 rings (SSSR count). The summed E-state index contributed by atoms with van der Waals surface area (Å²) < 4.78 is 52.3. The topological polar surface area (TPSA) is 160 Å². The van der Waals surface area contributed by atoms with E-state index < -0.39 is 32.5 Å². The van der Waals surface area contributed by atoms with Crippen molar-refractivity contribution in [3.05, 3.63) is 54.0 Å². The predicted molar refractivity (Wildman–Crippen MR) is 121 cm³/mol. The first-order valence-electron chi connectivity index (χ1n) is 9.88. The highest BCUT2D eigenvalue weighted by molar-refractivity contribution is 7.86. The number of anilines is 2. The average molecular weight is 489 g/mol. The lowest BCUT2D eigenvalue weighted by Gasteiger charge is -2.12. The lowest BCUT2D eigenvalue weighted by molar-refractivity contribution is -0.116.